The molecule has 0 bridgehead atoms. The van der Waals surface area contributed by atoms with E-state index in [9.17, 15) is 23.3 Å². The van der Waals surface area contributed by atoms with E-state index in [2.05, 4.69) is 11.0 Å². The average Bonchev–Trinajstić information content (AvgIpc) is 2.67. The highest BCUT2D eigenvalue weighted by Crippen LogP contribution is 2.37. The number of nitro groups is 1. The molecule has 2 aromatic carbocycles. The summed E-state index contributed by atoms with van der Waals surface area (Å²) < 4.78 is 44.1. The first-order chi connectivity index (χ1) is 13.7. The molecule has 1 aliphatic heterocycles. The predicted molar refractivity (Wildman–Crippen MR) is 103 cm³/mol. The lowest BCUT2D eigenvalue weighted by Gasteiger charge is -2.36. The van der Waals surface area contributed by atoms with Gasteiger partial charge in [0.15, 0.2) is 0 Å². The molecule has 1 fully saturated rings. The van der Waals surface area contributed by atoms with Gasteiger partial charge in [-0.25, -0.2) is 0 Å². The molecule has 0 unspecified atom stereocenters. The van der Waals surface area contributed by atoms with Gasteiger partial charge in [-0.3, -0.25) is 15.0 Å². The Morgan fingerprint density at radius 2 is 1.79 bits per heavy atom. The first-order valence-electron chi connectivity index (χ1n) is 9.15. The minimum atomic E-state index is -4.62. The van der Waals surface area contributed by atoms with Gasteiger partial charge in [-0.15, -0.1) is 0 Å². The number of methoxy groups -OCH3 is 1. The third-order valence-corrected chi connectivity index (χ3v) is 5.04. The van der Waals surface area contributed by atoms with Gasteiger partial charge >= 0.3 is 6.18 Å². The molecule has 0 amide bonds. The van der Waals surface area contributed by atoms with Crippen LogP contribution in [0.5, 0.6) is 5.75 Å². The maximum absolute atomic E-state index is 12.9. The van der Waals surface area contributed by atoms with Crippen molar-refractivity contribution in [2.45, 2.75) is 19.6 Å². The lowest BCUT2D eigenvalue weighted by Crippen LogP contribution is -2.46. The Kier molecular flexibility index (Phi) is 5.97. The van der Waals surface area contributed by atoms with Crippen LogP contribution >= 0.6 is 0 Å². The predicted octanol–water partition coefficient (Wildman–Crippen LogP) is 4.25. The minimum absolute atomic E-state index is 0.218. The molecule has 1 saturated heterocycles. The van der Waals surface area contributed by atoms with Crippen molar-refractivity contribution in [2.75, 3.05) is 38.2 Å². The van der Waals surface area contributed by atoms with Gasteiger partial charge in [-0.2, -0.15) is 13.2 Å². The van der Waals surface area contributed by atoms with Crippen LogP contribution in [0, 0.1) is 17.0 Å². The molecule has 1 heterocycles. The second-order valence-corrected chi connectivity index (χ2v) is 7.04. The van der Waals surface area contributed by atoms with Gasteiger partial charge in [-0.1, -0.05) is 17.7 Å². The number of piperazine rings is 1. The Labute approximate surface area is 166 Å². The summed E-state index contributed by atoms with van der Waals surface area (Å²) >= 11 is 0. The number of alkyl halides is 3. The number of ether oxygens (including phenoxy) is 1. The molecule has 29 heavy (non-hydrogen) atoms. The van der Waals surface area contributed by atoms with Gasteiger partial charge in [0.2, 0.25) is 0 Å². The number of benzene rings is 2. The van der Waals surface area contributed by atoms with E-state index in [0.717, 1.165) is 22.9 Å². The summed E-state index contributed by atoms with van der Waals surface area (Å²) in [5, 5.41) is 11.3. The van der Waals surface area contributed by atoms with E-state index >= 15 is 0 Å². The molecule has 0 radical (unpaired) electrons. The van der Waals surface area contributed by atoms with Crippen molar-refractivity contribution in [3.63, 3.8) is 0 Å². The molecule has 0 saturated carbocycles. The highest BCUT2D eigenvalue weighted by Gasteiger charge is 2.34. The quantitative estimate of drug-likeness (QED) is 0.546. The Hall–Kier alpha value is -2.81. The molecular formula is C20H22F3N3O3. The molecule has 0 atom stereocenters. The van der Waals surface area contributed by atoms with Crippen LogP contribution in [-0.4, -0.2) is 43.1 Å². The van der Waals surface area contributed by atoms with Crippen molar-refractivity contribution in [2.24, 2.45) is 0 Å². The zero-order valence-electron chi connectivity index (χ0n) is 16.2. The van der Waals surface area contributed by atoms with Crippen molar-refractivity contribution in [1.82, 2.24) is 4.90 Å². The second kappa shape index (κ2) is 8.28. The van der Waals surface area contributed by atoms with Crippen molar-refractivity contribution in [1.29, 1.82) is 0 Å². The van der Waals surface area contributed by atoms with Crippen molar-refractivity contribution in [3.05, 3.63) is 63.2 Å². The summed E-state index contributed by atoms with van der Waals surface area (Å²) in [4.78, 5) is 14.5. The minimum Gasteiger partial charge on any atom is -0.496 e. The molecule has 2 aromatic rings. The normalized spacial score (nSPS) is 15.4. The standard InChI is InChI=1S/C20H22F3N3O3/c1-14-3-6-19(29-2)15(11-14)13-24-7-9-25(10-8-24)17-5-4-16(20(21,22)23)12-18(17)26(27)28/h3-6,11-12H,7-10,13H2,1-2H3. The summed E-state index contributed by atoms with van der Waals surface area (Å²) in [6.07, 6.45) is -4.62. The fourth-order valence-electron chi connectivity index (χ4n) is 3.53. The van der Waals surface area contributed by atoms with E-state index in [1.54, 1.807) is 12.0 Å². The van der Waals surface area contributed by atoms with Crippen LogP contribution in [0.4, 0.5) is 24.5 Å². The molecule has 6 nitrogen and oxygen atoms in total. The molecule has 0 spiro atoms. The summed E-state index contributed by atoms with van der Waals surface area (Å²) in [7, 11) is 1.62. The van der Waals surface area contributed by atoms with Gasteiger partial charge < -0.3 is 9.64 Å². The largest absolute Gasteiger partial charge is 0.496 e. The summed E-state index contributed by atoms with van der Waals surface area (Å²) in [5.41, 5.74) is 0.865. The van der Waals surface area contributed by atoms with E-state index in [0.29, 0.717) is 38.8 Å². The summed E-state index contributed by atoms with van der Waals surface area (Å²) in [5.74, 6) is 0.802. The van der Waals surface area contributed by atoms with E-state index in [1.807, 2.05) is 19.1 Å². The van der Waals surface area contributed by atoms with Crippen molar-refractivity contribution >= 4 is 11.4 Å². The van der Waals surface area contributed by atoms with Crippen molar-refractivity contribution in [3.8, 4) is 5.75 Å². The molecular weight excluding hydrogens is 387 g/mol. The molecule has 0 aromatic heterocycles. The summed E-state index contributed by atoms with van der Waals surface area (Å²) in [6.45, 7) is 4.92. The number of anilines is 1. The Morgan fingerprint density at radius 3 is 2.38 bits per heavy atom. The van der Waals surface area contributed by atoms with Gasteiger partial charge in [-0.05, 0) is 25.1 Å². The molecule has 0 N–H and O–H groups in total. The van der Waals surface area contributed by atoms with Crippen LogP contribution in [-0.2, 0) is 12.7 Å². The van der Waals surface area contributed by atoms with Gasteiger partial charge in [0, 0.05) is 44.4 Å². The number of halogens is 3. The molecule has 3 rings (SSSR count). The number of nitro benzene ring substituents is 1. The Balaban J connectivity index is 1.73. The number of rotatable bonds is 5. The SMILES string of the molecule is COc1ccc(C)cc1CN1CCN(c2ccc(C(F)(F)F)cc2[N+](=O)[O-])CC1. The molecule has 1 aliphatic rings. The van der Waals surface area contributed by atoms with Crippen LogP contribution in [0.25, 0.3) is 0 Å². The van der Waals surface area contributed by atoms with Gasteiger partial charge in [0.1, 0.15) is 11.4 Å². The van der Waals surface area contributed by atoms with E-state index in [-0.39, 0.29) is 5.69 Å². The summed E-state index contributed by atoms with van der Waals surface area (Å²) in [6, 6.07) is 8.66. The number of aryl methyl sites for hydroxylation is 1. The van der Waals surface area contributed by atoms with Crippen molar-refractivity contribution < 1.29 is 22.8 Å². The first-order valence-corrected chi connectivity index (χ1v) is 9.15. The van der Waals surface area contributed by atoms with E-state index < -0.39 is 22.4 Å². The molecule has 156 valence electrons. The third kappa shape index (κ3) is 4.79. The lowest BCUT2D eigenvalue weighted by atomic mass is 10.1. The highest BCUT2D eigenvalue weighted by molar-refractivity contribution is 5.65. The van der Waals surface area contributed by atoms with Gasteiger partial charge in [0.25, 0.3) is 5.69 Å². The first kappa shape index (κ1) is 20.9. The highest BCUT2D eigenvalue weighted by atomic mass is 19.4. The zero-order chi connectivity index (χ0) is 21.2. The maximum Gasteiger partial charge on any atom is 0.416 e. The van der Waals surface area contributed by atoms with Gasteiger partial charge in [0.05, 0.1) is 17.6 Å². The smallest absolute Gasteiger partial charge is 0.416 e. The fourth-order valence-corrected chi connectivity index (χ4v) is 3.53. The van der Waals surface area contributed by atoms with Crippen LogP contribution in [0.15, 0.2) is 36.4 Å². The number of hydrogen-bond acceptors (Lipinski definition) is 5. The van der Waals surface area contributed by atoms with E-state index in [1.165, 1.54) is 6.07 Å². The Morgan fingerprint density at radius 1 is 1.10 bits per heavy atom. The topological polar surface area (TPSA) is 58.8 Å². The second-order valence-electron chi connectivity index (χ2n) is 7.04. The third-order valence-electron chi connectivity index (χ3n) is 5.04. The fraction of sp³-hybridized carbons (Fsp3) is 0.400. The monoisotopic (exact) mass is 409 g/mol. The molecule has 9 heteroatoms. The zero-order valence-corrected chi connectivity index (χ0v) is 16.2. The number of hydrogen-bond donors (Lipinski definition) is 0. The van der Waals surface area contributed by atoms with Crippen LogP contribution in [0.3, 0.4) is 0 Å². The Bertz CT molecular complexity index is 894. The van der Waals surface area contributed by atoms with Crippen LogP contribution in [0.1, 0.15) is 16.7 Å². The maximum atomic E-state index is 12.9. The van der Waals surface area contributed by atoms with E-state index in [4.69, 9.17) is 4.74 Å². The average molecular weight is 409 g/mol. The number of nitrogens with zero attached hydrogens (tertiary/aromatic N) is 3. The molecule has 0 aliphatic carbocycles. The lowest BCUT2D eigenvalue weighted by molar-refractivity contribution is -0.384. The van der Waals surface area contributed by atoms with Crippen LogP contribution < -0.4 is 9.64 Å². The van der Waals surface area contributed by atoms with Crippen LogP contribution in [0.2, 0.25) is 0 Å².